The first-order valence-electron chi connectivity index (χ1n) is 7.18. The number of hydrogen-bond acceptors (Lipinski definition) is 4. The average molecular weight is 335 g/mol. The van der Waals surface area contributed by atoms with Gasteiger partial charge in [-0.05, 0) is 49.2 Å². The van der Waals surface area contributed by atoms with E-state index in [0.29, 0.717) is 5.75 Å². The molecular weight excluding hydrogens is 314 g/mol. The Labute approximate surface area is 137 Å². The van der Waals surface area contributed by atoms with E-state index in [-0.39, 0.29) is 10.9 Å². The predicted octanol–water partition coefficient (Wildman–Crippen LogP) is 3.05. The highest BCUT2D eigenvalue weighted by molar-refractivity contribution is 7.89. The van der Waals surface area contributed by atoms with Crippen molar-refractivity contribution in [2.45, 2.75) is 24.8 Å². The summed E-state index contributed by atoms with van der Waals surface area (Å²) in [4.78, 5) is 0.139. The third-order valence-corrected chi connectivity index (χ3v) is 5.12. The zero-order valence-electron chi connectivity index (χ0n) is 13.7. The maximum absolute atomic E-state index is 12.7. The maximum Gasteiger partial charge on any atom is 0.244 e. The molecule has 0 saturated carbocycles. The molecule has 23 heavy (non-hydrogen) atoms. The molecule has 0 bridgehead atoms. The van der Waals surface area contributed by atoms with Gasteiger partial charge in [0.25, 0.3) is 0 Å². The van der Waals surface area contributed by atoms with Crippen molar-refractivity contribution in [3.05, 3.63) is 53.6 Å². The molecule has 2 aromatic carbocycles. The Kier molecular flexibility index (Phi) is 5.28. The number of benzene rings is 2. The Morgan fingerprint density at radius 1 is 1.00 bits per heavy atom. The van der Waals surface area contributed by atoms with Gasteiger partial charge in [0.05, 0.1) is 14.2 Å². The summed E-state index contributed by atoms with van der Waals surface area (Å²) in [5, 5.41) is 0. The monoisotopic (exact) mass is 335 g/mol. The number of nitrogens with one attached hydrogen (secondary N) is 1. The quantitative estimate of drug-likeness (QED) is 0.881. The molecule has 0 aromatic heterocycles. The molecule has 0 heterocycles. The minimum Gasteiger partial charge on any atom is -0.497 e. The van der Waals surface area contributed by atoms with Crippen molar-refractivity contribution in [1.82, 2.24) is 4.72 Å². The summed E-state index contributed by atoms with van der Waals surface area (Å²) in [5.74, 6) is 1.05. The Morgan fingerprint density at radius 2 is 1.65 bits per heavy atom. The SMILES string of the molecule is COc1ccc(C(C)NS(=O)(=O)c2cc(C)ccc2OC)cc1. The first-order valence-corrected chi connectivity index (χ1v) is 8.66. The summed E-state index contributed by atoms with van der Waals surface area (Å²) in [5.41, 5.74) is 1.70. The van der Waals surface area contributed by atoms with Gasteiger partial charge in [0.2, 0.25) is 10.0 Å². The van der Waals surface area contributed by atoms with Gasteiger partial charge in [0.1, 0.15) is 16.4 Å². The largest absolute Gasteiger partial charge is 0.497 e. The summed E-state index contributed by atoms with van der Waals surface area (Å²) in [6.45, 7) is 3.63. The van der Waals surface area contributed by atoms with Gasteiger partial charge in [-0.2, -0.15) is 0 Å². The van der Waals surface area contributed by atoms with E-state index >= 15 is 0 Å². The van der Waals surface area contributed by atoms with Crippen molar-refractivity contribution in [1.29, 1.82) is 0 Å². The van der Waals surface area contributed by atoms with Gasteiger partial charge in [0, 0.05) is 6.04 Å². The van der Waals surface area contributed by atoms with Crippen molar-refractivity contribution in [2.24, 2.45) is 0 Å². The first kappa shape index (κ1) is 17.3. The van der Waals surface area contributed by atoms with Crippen LogP contribution in [-0.4, -0.2) is 22.6 Å². The number of rotatable bonds is 6. The number of methoxy groups -OCH3 is 2. The van der Waals surface area contributed by atoms with Crippen LogP contribution in [0.2, 0.25) is 0 Å². The molecule has 0 radical (unpaired) electrons. The smallest absolute Gasteiger partial charge is 0.244 e. The second-order valence-electron chi connectivity index (χ2n) is 5.27. The standard InChI is InChI=1S/C17H21NO4S/c1-12-5-10-16(22-4)17(11-12)23(19,20)18-13(2)14-6-8-15(21-3)9-7-14/h5-11,13,18H,1-4H3. The maximum atomic E-state index is 12.7. The number of sulfonamides is 1. The highest BCUT2D eigenvalue weighted by Gasteiger charge is 2.22. The summed E-state index contributed by atoms with van der Waals surface area (Å²) >= 11 is 0. The van der Waals surface area contributed by atoms with Gasteiger partial charge in [-0.25, -0.2) is 13.1 Å². The van der Waals surface area contributed by atoms with Crippen LogP contribution in [0.5, 0.6) is 11.5 Å². The summed E-state index contributed by atoms with van der Waals surface area (Å²) in [7, 11) is -0.651. The first-order chi connectivity index (χ1) is 10.9. The zero-order valence-corrected chi connectivity index (χ0v) is 14.5. The van der Waals surface area contributed by atoms with Crippen LogP contribution in [0.15, 0.2) is 47.4 Å². The minimum atomic E-state index is -3.69. The molecule has 1 N–H and O–H groups in total. The van der Waals surface area contributed by atoms with Crippen LogP contribution >= 0.6 is 0 Å². The Bertz CT molecular complexity index is 770. The Hall–Kier alpha value is -2.05. The minimum absolute atomic E-state index is 0.139. The van der Waals surface area contributed by atoms with Crippen LogP contribution in [0.3, 0.4) is 0 Å². The van der Waals surface area contributed by atoms with E-state index in [0.717, 1.165) is 16.9 Å². The average Bonchev–Trinajstić information content (AvgIpc) is 2.54. The highest BCUT2D eigenvalue weighted by atomic mass is 32.2. The van der Waals surface area contributed by atoms with Crippen molar-refractivity contribution < 1.29 is 17.9 Å². The molecule has 1 atom stereocenters. The normalized spacial score (nSPS) is 12.7. The Balaban J connectivity index is 2.28. The van der Waals surface area contributed by atoms with Gasteiger partial charge < -0.3 is 9.47 Å². The molecule has 0 aliphatic carbocycles. The fraction of sp³-hybridized carbons (Fsp3) is 0.294. The van der Waals surface area contributed by atoms with Gasteiger partial charge in [-0.1, -0.05) is 18.2 Å². The van der Waals surface area contributed by atoms with Gasteiger partial charge in [-0.3, -0.25) is 0 Å². The fourth-order valence-corrected chi connectivity index (χ4v) is 3.74. The fourth-order valence-electron chi connectivity index (χ4n) is 2.25. The molecule has 2 rings (SSSR count). The van der Waals surface area contributed by atoms with E-state index in [1.165, 1.54) is 7.11 Å². The number of aryl methyl sites for hydroxylation is 1. The molecule has 0 spiro atoms. The molecular formula is C17H21NO4S. The molecule has 0 fully saturated rings. The van der Waals surface area contributed by atoms with Crippen LogP contribution in [-0.2, 0) is 10.0 Å². The third-order valence-electron chi connectivity index (χ3n) is 3.56. The van der Waals surface area contributed by atoms with Crippen LogP contribution in [0.25, 0.3) is 0 Å². The highest BCUT2D eigenvalue weighted by Crippen LogP contribution is 2.26. The van der Waals surface area contributed by atoms with Gasteiger partial charge >= 0.3 is 0 Å². The molecule has 0 saturated heterocycles. The lowest BCUT2D eigenvalue weighted by atomic mass is 10.1. The molecule has 2 aromatic rings. The third kappa shape index (κ3) is 4.03. The molecule has 1 unspecified atom stereocenters. The van der Waals surface area contributed by atoms with E-state index in [2.05, 4.69) is 4.72 Å². The Morgan fingerprint density at radius 3 is 2.22 bits per heavy atom. The van der Waals surface area contributed by atoms with Crippen LogP contribution in [0.1, 0.15) is 24.1 Å². The summed E-state index contributed by atoms with van der Waals surface area (Å²) in [6, 6.07) is 11.9. The van der Waals surface area contributed by atoms with Crippen LogP contribution in [0.4, 0.5) is 0 Å². The van der Waals surface area contributed by atoms with Crippen LogP contribution < -0.4 is 14.2 Å². The second kappa shape index (κ2) is 7.02. The molecule has 0 aliphatic heterocycles. The van der Waals surface area contributed by atoms with E-state index in [1.54, 1.807) is 38.3 Å². The lowest BCUT2D eigenvalue weighted by molar-refractivity contribution is 0.402. The van der Waals surface area contributed by atoms with Crippen molar-refractivity contribution in [2.75, 3.05) is 14.2 Å². The van der Waals surface area contributed by atoms with Crippen molar-refractivity contribution in [3.8, 4) is 11.5 Å². The van der Waals surface area contributed by atoms with Crippen molar-refractivity contribution in [3.63, 3.8) is 0 Å². The number of ether oxygens (including phenoxy) is 2. The lowest BCUT2D eigenvalue weighted by Gasteiger charge is -2.17. The van der Waals surface area contributed by atoms with Gasteiger partial charge in [0.15, 0.2) is 0 Å². The van der Waals surface area contributed by atoms with E-state index in [4.69, 9.17) is 9.47 Å². The van der Waals surface area contributed by atoms with E-state index in [9.17, 15) is 8.42 Å². The van der Waals surface area contributed by atoms with E-state index in [1.807, 2.05) is 25.1 Å². The number of hydrogen-bond donors (Lipinski definition) is 1. The second-order valence-corrected chi connectivity index (χ2v) is 6.95. The lowest BCUT2D eigenvalue weighted by Crippen LogP contribution is -2.27. The predicted molar refractivity (Wildman–Crippen MR) is 89.5 cm³/mol. The molecule has 6 heteroatoms. The summed E-state index contributed by atoms with van der Waals surface area (Å²) < 4.78 is 38.3. The van der Waals surface area contributed by atoms with Gasteiger partial charge in [-0.15, -0.1) is 0 Å². The topological polar surface area (TPSA) is 64.6 Å². The molecule has 0 aliphatic rings. The molecule has 124 valence electrons. The summed E-state index contributed by atoms with van der Waals surface area (Å²) in [6.07, 6.45) is 0. The zero-order chi connectivity index (χ0) is 17.0. The molecule has 5 nitrogen and oxygen atoms in total. The molecule has 0 amide bonds. The van der Waals surface area contributed by atoms with Crippen LogP contribution in [0, 0.1) is 6.92 Å². The van der Waals surface area contributed by atoms with Crippen molar-refractivity contribution >= 4 is 10.0 Å². The van der Waals surface area contributed by atoms with E-state index < -0.39 is 10.0 Å².